The van der Waals surface area contributed by atoms with Gasteiger partial charge < -0.3 is 9.47 Å². The van der Waals surface area contributed by atoms with Crippen molar-refractivity contribution in [1.29, 1.82) is 0 Å². The van der Waals surface area contributed by atoms with Gasteiger partial charge in [0.1, 0.15) is 18.0 Å². The number of carbonyl (C=O) groups excluding carboxylic acids is 1. The summed E-state index contributed by atoms with van der Waals surface area (Å²) in [6, 6.07) is 11.7. The molecule has 1 aliphatic carbocycles. The third-order valence-corrected chi connectivity index (χ3v) is 5.83. The number of rotatable bonds is 7. The summed E-state index contributed by atoms with van der Waals surface area (Å²) in [6.45, 7) is 3.28. The van der Waals surface area contributed by atoms with Crippen LogP contribution < -0.4 is 4.74 Å². The van der Waals surface area contributed by atoms with E-state index in [1.165, 1.54) is 23.3 Å². The SMILES string of the molecule is CC(C)(Oc1cc(C(=O)OCCS(=O)(=O)O)ccc1F)C1Cc2ccccc2C1. The lowest BCUT2D eigenvalue weighted by molar-refractivity contribution is 0.0428. The van der Waals surface area contributed by atoms with E-state index in [4.69, 9.17) is 14.0 Å². The largest absolute Gasteiger partial charge is 0.484 e. The lowest BCUT2D eigenvalue weighted by Gasteiger charge is -2.32. The maximum Gasteiger partial charge on any atom is 0.338 e. The van der Waals surface area contributed by atoms with E-state index in [1.807, 2.05) is 26.0 Å². The predicted octanol–water partition coefficient (Wildman–Crippen LogP) is 3.44. The van der Waals surface area contributed by atoms with Crippen LogP contribution in [0.2, 0.25) is 0 Å². The molecule has 0 aliphatic heterocycles. The molecule has 8 heteroatoms. The Labute approximate surface area is 169 Å². The maximum absolute atomic E-state index is 14.3. The van der Waals surface area contributed by atoms with E-state index >= 15 is 0 Å². The van der Waals surface area contributed by atoms with Crippen molar-refractivity contribution in [2.75, 3.05) is 12.4 Å². The zero-order chi connectivity index (χ0) is 21.2. The molecule has 29 heavy (non-hydrogen) atoms. The van der Waals surface area contributed by atoms with Gasteiger partial charge in [-0.3, -0.25) is 4.55 Å². The Balaban J connectivity index is 1.70. The molecule has 0 bridgehead atoms. The molecule has 0 spiro atoms. The first-order valence-electron chi connectivity index (χ1n) is 9.23. The second-order valence-electron chi connectivity index (χ2n) is 7.65. The summed E-state index contributed by atoms with van der Waals surface area (Å²) >= 11 is 0. The fraction of sp³-hybridized carbons (Fsp3) is 0.381. The number of halogens is 1. The summed E-state index contributed by atoms with van der Waals surface area (Å²) in [4.78, 5) is 12.1. The van der Waals surface area contributed by atoms with E-state index in [1.54, 1.807) is 0 Å². The summed E-state index contributed by atoms with van der Waals surface area (Å²) in [5.74, 6) is -2.08. The van der Waals surface area contributed by atoms with E-state index in [-0.39, 0.29) is 17.2 Å². The molecular formula is C21H23FO6S. The van der Waals surface area contributed by atoms with Crippen LogP contribution in [0.3, 0.4) is 0 Å². The third kappa shape index (κ3) is 5.33. The Morgan fingerprint density at radius 2 is 1.79 bits per heavy atom. The van der Waals surface area contributed by atoms with Crippen molar-refractivity contribution < 1.29 is 31.6 Å². The van der Waals surface area contributed by atoms with Crippen LogP contribution in [0.4, 0.5) is 4.39 Å². The van der Waals surface area contributed by atoms with Gasteiger partial charge in [0, 0.05) is 5.92 Å². The first kappa shape index (κ1) is 21.3. The lowest BCUT2D eigenvalue weighted by atomic mass is 9.88. The monoisotopic (exact) mass is 422 g/mol. The molecule has 0 saturated heterocycles. The van der Waals surface area contributed by atoms with Gasteiger partial charge >= 0.3 is 5.97 Å². The molecule has 0 atom stereocenters. The van der Waals surface area contributed by atoms with E-state index in [9.17, 15) is 17.6 Å². The molecule has 3 rings (SSSR count). The highest BCUT2D eigenvalue weighted by Gasteiger charge is 2.36. The molecule has 0 amide bonds. The Morgan fingerprint density at radius 3 is 2.38 bits per heavy atom. The summed E-state index contributed by atoms with van der Waals surface area (Å²) in [7, 11) is -4.23. The predicted molar refractivity (Wildman–Crippen MR) is 105 cm³/mol. The number of ether oxygens (including phenoxy) is 2. The highest BCUT2D eigenvalue weighted by Crippen LogP contribution is 2.37. The van der Waals surface area contributed by atoms with Crippen molar-refractivity contribution >= 4 is 16.1 Å². The zero-order valence-corrected chi connectivity index (χ0v) is 17.0. The fourth-order valence-corrected chi connectivity index (χ4v) is 3.74. The highest BCUT2D eigenvalue weighted by molar-refractivity contribution is 7.85. The highest BCUT2D eigenvalue weighted by atomic mass is 32.2. The smallest absolute Gasteiger partial charge is 0.338 e. The second kappa shape index (κ2) is 8.12. The van der Waals surface area contributed by atoms with Crippen molar-refractivity contribution in [1.82, 2.24) is 0 Å². The minimum Gasteiger partial charge on any atom is -0.484 e. The van der Waals surface area contributed by atoms with Crippen LogP contribution in [-0.2, 0) is 27.7 Å². The maximum atomic E-state index is 14.3. The lowest BCUT2D eigenvalue weighted by Crippen LogP contribution is -2.38. The van der Waals surface area contributed by atoms with Crippen molar-refractivity contribution in [2.45, 2.75) is 32.3 Å². The van der Waals surface area contributed by atoms with Gasteiger partial charge in [-0.25, -0.2) is 9.18 Å². The number of hydrogen-bond acceptors (Lipinski definition) is 5. The number of benzene rings is 2. The van der Waals surface area contributed by atoms with Crippen molar-refractivity contribution in [2.24, 2.45) is 5.92 Å². The summed E-state index contributed by atoms with van der Waals surface area (Å²) in [5, 5.41) is 0. The topological polar surface area (TPSA) is 89.9 Å². The molecule has 1 N–H and O–H groups in total. The molecule has 2 aromatic rings. The van der Waals surface area contributed by atoms with Crippen LogP contribution in [-0.4, -0.2) is 36.9 Å². The molecule has 0 radical (unpaired) electrons. The van der Waals surface area contributed by atoms with Crippen LogP contribution in [0.15, 0.2) is 42.5 Å². The van der Waals surface area contributed by atoms with Gasteiger partial charge in [-0.2, -0.15) is 8.42 Å². The van der Waals surface area contributed by atoms with Crippen LogP contribution in [0.1, 0.15) is 35.3 Å². The van der Waals surface area contributed by atoms with Crippen LogP contribution in [0.5, 0.6) is 5.75 Å². The molecule has 0 fully saturated rings. The average Bonchev–Trinajstić information content (AvgIpc) is 3.07. The number of fused-ring (bicyclic) bond motifs is 1. The second-order valence-corrected chi connectivity index (χ2v) is 9.22. The van der Waals surface area contributed by atoms with Gasteiger partial charge in [-0.15, -0.1) is 0 Å². The van der Waals surface area contributed by atoms with Crippen LogP contribution in [0, 0.1) is 11.7 Å². The van der Waals surface area contributed by atoms with Gasteiger partial charge in [0.25, 0.3) is 10.1 Å². The first-order chi connectivity index (χ1) is 13.5. The van der Waals surface area contributed by atoms with E-state index < -0.39 is 39.9 Å². The molecule has 1 aliphatic rings. The zero-order valence-electron chi connectivity index (χ0n) is 16.2. The molecule has 2 aromatic carbocycles. The van der Waals surface area contributed by atoms with Crippen molar-refractivity contribution in [3.8, 4) is 5.75 Å². The summed E-state index contributed by atoms with van der Waals surface area (Å²) < 4.78 is 55.2. The molecule has 6 nitrogen and oxygen atoms in total. The van der Waals surface area contributed by atoms with E-state index in [0.29, 0.717) is 0 Å². The molecule has 156 valence electrons. The fourth-order valence-electron chi connectivity index (χ4n) is 3.45. The van der Waals surface area contributed by atoms with Crippen LogP contribution >= 0.6 is 0 Å². The number of esters is 1. The van der Waals surface area contributed by atoms with E-state index in [0.717, 1.165) is 18.9 Å². The summed E-state index contributed by atoms with van der Waals surface area (Å²) in [6.07, 6.45) is 1.64. The Kier molecular flexibility index (Phi) is 5.95. The molecule has 0 aromatic heterocycles. The third-order valence-electron chi connectivity index (χ3n) is 5.15. The van der Waals surface area contributed by atoms with Gasteiger partial charge in [0.2, 0.25) is 0 Å². The van der Waals surface area contributed by atoms with Crippen LogP contribution in [0.25, 0.3) is 0 Å². The molecule has 0 unspecified atom stereocenters. The minimum absolute atomic E-state index is 0.0299. The van der Waals surface area contributed by atoms with Gasteiger partial charge in [0.15, 0.2) is 11.6 Å². The Hall–Kier alpha value is -2.45. The van der Waals surface area contributed by atoms with Gasteiger partial charge in [-0.05, 0) is 56.0 Å². The molecule has 0 saturated carbocycles. The van der Waals surface area contributed by atoms with Crippen molar-refractivity contribution in [3.63, 3.8) is 0 Å². The Bertz CT molecular complexity index is 991. The molecule has 0 heterocycles. The number of carbonyl (C=O) groups is 1. The first-order valence-corrected chi connectivity index (χ1v) is 10.8. The Morgan fingerprint density at radius 1 is 1.17 bits per heavy atom. The minimum atomic E-state index is -4.23. The van der Waals surface area contributed by atoms with Gasteiger partial charge in [-0.1, -0.05) is 24.3 Å². The quantitative estimate of drug-likeness (QED) is 0.543. The normalized spacial score (nSPS) is 14.5. The van der Waals surface area contributed by atoms with Gasteiger partial charge in [0.05, 0.1) is 5.56 Å². The van der Waals surface area contributed by atoms with E-state index in [2.05, 4.69) is 12.1 Å². The number of hydrogen-bond donors (Lipinski definition) is 1. The average molecular weight is 422 g/mol. The summed E-state index contributed by atoms with van der Waals surface area (Å²) in [5.41, 5.74) is 1.85. The van der Waals surface area contributed by atoms with Crippen molar-refractivity contribution in [3.05, 3.63) is 65.0 Å². The molecular weight excluding hydrogens is 399 g/mol. The standard InChI is InChI=1S/C21H23FO6S/c1-21(2,17-11-14-5-3-4-6-15(14)12-17)28-19-13-16(7-8-18(19)22)20(23)27-9-10-29(24,25)26/h3-8,13,17H,9-12H2,1-2H3,(H,24,25,26).